The highest BCUT2D eigenvalue weighted by Gasteiger charge is 2.15. The molecule has 0 atom stereocenters. The number of anilines is 1. The Morgan fingerprint density at radius 3 is 2.61 bits per heavy atom. The number of para-hydroxylation sites is 3. The highest BCUT2D eigenvalue weighted by atomic mass is 16.2. The number of rotatable bonds is 3. The van der Waals surface area contributed by atoms with Gasteiger partial charge in [-0.3, -0.25) is 10.1 Å². The summed E-state index contributed by atoms with van der Waals surface area (Å²) in [6.07, 6.45) is 1.60. The Kier molecular flexibility index (Phi) is 3.12. The molecule has 0 spiro atoms. The number of carbonyl (C=O) groups is 1. The van der Waals surface area contributed by atoms with E-state index in [9.17, 15) is 4.79 Å². The van der Waals surface area contributed by atoms with E-state index in [0.717, 1.165) is 16.7 Å². The van der Waals surface area contributed by atoms with Crippen molar-refractivity contribution in [3.05, 3.63) is 72.6 Å². The lowest BCUT2D eigenvalue weighted by Gasteiger charge is -2.06. The molecule has 4 rings (SSSR count). The summed E-state index contributed by atoms with van der Waals surface area (Å²) < 4.78 is 1.60. The summed E-state index contributed by atoms with van der Waals surface area (Å²) in [5.74, 6) is 0.141. The number of hydrogen-bond acceptors (Lipinski definition) is 3. The standard InChI is InChI=1S/C17H13N5O/c23-16(21-17-19-13-8-4-5-9-14(13)20-17)15-10-11-18-22(15)12-6-2-1-3-7-12/h1-11H,(H2,19,20,21,23). The third kappa shape index (κ3) is 2.46. The predicted molar refractivity (Wildman–Crippen MR) is 87.6 cm³/mol. The van der Waals surface area contributed by atoms with Gasteiger partial charge in [0.1, 0.15) is 5.69 Å². The van der Waals surface area contributed by atoms with Crippen LogP contribution in [0.1, 0.15) is 10.5 Å². The average molecular weight is 303 g/mol. The molecule has 112 valence electrons. The van der Waals surface area contributed by atoms with Crippen LogP contribution < -0.4 is 5.32 Å². The van der Waals surface area contributed by atoms with E-state index in [-0.39, 0.29) is 5.91 Å². The molecular weight excluding hydrogens is 290 g/mol. The van der Waals surface area contributed by atoms with E-state index < -0.39 is 0 Å². The molecule has 0 aliphatic heterocycles. The number of hydrogen-bond donors (Lipinski definition) is 2. The number of nitrogens with zero attached hydrogens (tertiary/aromatic N) is 3. The third-order valence-electron chi connectivity index (χ3n) is 3.50. The zero-order chi connectivity index (χ0) is 15.6. The van der Waals surface area contributed by atoms with Gasteiger partial charge in [0, 0.05) is 0 Å². The molecule has 6 nitrogen and oxygen atoms in total. The fourth-order valence-electron chi connectivity index (χ4n) is 2.43. The summed E-state index contributed by atoms with van der Waals surface area (Å²) in [7, 11) is 0. The van der Waals surface area contributed by atoms with Gasteiger partial charge in [-0.05, 0) is 30.3 Å². The Morgan fingerprint density at radius 2 is 1.78 bits per heavy atom. The molecule has 1 amide bonds. The summed E-state index contributed by atoms with van der Waals surface area (Å²) in [6.45, 7) is 0. The molecule has 6 heteroatoms. The maximum absolute atomic E-state index is 12.5. The van der Waals surface area contributed by atoms with Gasteiger partial charge >= 0.3 is 0 Å². The summed E-state index contributed by atoms with van der Waals surface area (Å²) in [6, 6.07) is 18.8. The minimum atomic E-state index is -0.273. The Morgan fingerprint density at radius 1 is 1.00 bits per heavy atom. The molecule has 2 aromatic carbocycles. The van der Waals surface area contributed by atoms with Crippen LogP contribution in [0.3, 0.4) is 0 Å². The second-order valence-corrected chi connectivity index (χ2v) is 5.02. The zero-order valence-electron chi connectivity index (χ0n) is 12.1. The molecule has 0 aliphatic carbocycles. The molecule has 2 N–H and O–H groups in total. The average Bonchev–Trinajstić information content (AvgIpc) is 3.22. The number of fused-ring (bicyclic) bond motifs is 1. The van der Waals surface area contributed by atoms with Crippen LogP contribution in [-0.2, 0) is 0 Å². The second-order valence-electron chi connectivity index (χ2n) is 5.02. The number of nitrogens with one attached hydrogen (secondary N) is 2. The van der Waals surface area contributed by atoms with Crippen molar-refractivity contribution < 1.29 is 4.79 Å². The Labute approximate surface area is 131 Å². The van der Waals surface area contributed by atoms with E-state index in [1.54, 1.807) is 16.9 Å². The van der Waals surface area contributed by atoms with E-state index in [4.69, 9.17) is 0 Å². The quantitative estimate of drug-likeness (QED) is 0.611. The third-order valence-corrected chi connectivity index (χ3v) is 3.50. The van der Waals surface area contributed by atoms with Crippen molar-refractivity contribution in [2.75, 3.05) is 5.32 Å². The van der Waals surface area contributed by atoms with Crippen molar-refractivity contribution in [3.8, 4) is 5.69 Å². The number of benzene rings is 2. The fourth-order valence-corrected chi connectivity index (χ4v) is 2.43. The van der Waals surface area contributed by atoms with Gasteiger partial charge in [0.05, 0.1) is 22.9 Å². The van der Waals surface area contributed by atoms with E-state index in [1.165, 1.54) is 0 Å². The van der Waals surface area contributed by atoms with Gasteiger partial charge in [0.25, 0.3) is 5.91 Å². The predicted octanol–water partition coefficient (Wildman–Crippen LogP) is 3.00. The summed E-state index contributed by atoms with van der Waals surface area (Å²) in [5, 5.41) is 6.99. The van der Waals surface area contributed by atoms with Crippen molar-refractivity contribution >= 4 is 22.9 Å². The highest BCUT2D eigenvalue weighted by Crippen LogP contribution is 2.15. The van der Waals surface area contributed by atoms with Crippen LogP contribution >= 0.6 is 0 Å². The van der Waals surface area contributed by atoms with Gasteiger partial charge in [-0.1, -0.05) is 30.3 Å². The van der Waals surface area contributed by atoms with Crippen molar-refractivity contribution in [3.63, 3.8) is 0 Å². The Bertz CT molecular complexity index is 938. The second kappa shape index (κ2) is 5.42. The van der Waals surface area contributed by atoms with Crippen LogP contribution in [0.4, 0.5) is 5.95 Å². The molecule has 0 aliphatic rings. The smallest absolute Gasteiger partial charge is 0.276 e. The molecule has 2 aromatic heterocycles. The minimum absolute atomic E-state index is 0.273. The Hall–Kier alpha value is -3.41. The number of aromatic nitrogens is 4. The lowest BCUT2D eigenvalue weighted by molar-refractivity contribution is 0.101. The van der Waals surface area contributed by atoms with Gasteiger partial charge in [-0.2, -0.15) is 5.10 Å². The molecular formula is C17H13N5O. The van der Waals surface area contributed by atoms with Crippen LogP contribution in [-0.4, -0.2) is 25.7 Å². The van der Waals surface area contributed by atoms with Crippen LogP contribution in [0.5, 0.6) is 0 Å². The first-order chi connectivity index (χ1) is 11.3. The molecule has 4 aromatic rings. The molecule has 0 bridgehead atoms. The topological polar surface area (TPSA) is 75.6 Å². The normalized spacial score (nSPS) is 10.8. The number of imidazole rings is 1. The summed E-state index contributed by atoms with van der Waals surface area (Å²) in [4.78, 5) is 19.9. The van der Waals surface area contributed by atoms with Crippen molar-refractivity contribution in [2.45, 2.75) is 0 Å². The first-order valence-corrected chi connectivity index (χ1v) is 7.17. The summed E-state index contributed by atoms with van der Waals surface area (Å²) >= 11 is 0. The monoisotopic (exact) mass is 303 g/mol. The van der Waals surface area contributed by atoms with Crippen LogP contribution in [0.2, 0.25) is 0 Å². The maximum Gasteiger partial charge on any atom is 0.276 e. The van der Waals surface area contributed by atoms with Gasteiger partial charge in [0.2, 0.25) is 5.95 Å². The molecule has 23 heavy (non-hydrogen) atoms. The lowest BCUT2D eigenvalue weighted by atomic mass is 10.3. The number of H-pyrrole nitrogens is 1. The van der Waals surface area contributed by atoms with E-state index in [1.807, 2.05) is 54.6 Å². The van der Waals surface area contributed by atoms with Crippen LogP contribution in [0.25, 0.3) is 16.7 Å². The van der Waals surface area contributed by atoms with E-state index in [2.05, 4.69) is 20.4 Å². The maximum atomic E-state index is 12.5. The molecule has 0 radical (unpaired) electrons. The number of amides is 1. The lowest BCUT2D eigenvalue weighted by Crippen LogP contribution is -2.17. The number of carbonyl (C=O) groups excluding carboxylic acids is 1. The van der Waals surface area contributed by atoms with Gasteiger partial charge < -0.3 is 4.98 Å². The molecule has 2 heterocycles. The number of aromatic amines is 1. The van der Waals surface area contributed by atoms with Crippen LogP contribution in [0.15, 0.2) is 66.9 Å². The zero-order valence-corrected chi connectivity index (χ0v) is 12.1. The summed E-state index contributed by atoms with van der Waals surface area (Å²) in [5.41, 5.74) is 2.95. The Balaban J connectivity index is 1.64. The van der Waals surface area contributed by atoms with E-state index >= 15 is 0 Å². The SMILES string of the molecule is O=C(Nc1nc2ccccc2[nH]1)c1ccnn1-c1ccccc1. The van der Waals surface area contributed by atoms with Crippen LogP contribution in [0, 0.1) is 0 Å². The molecule has 0 unspecified atom stereocenters. The van der Waals surface area contributed by atoms with Crippen molar-refractivity contribution in [2.24, 2.45) is 0 Å². The molecule has 0 fully saturated rings. The van der Waals surface area contributed by atoms with Gasteiger partial charge in [0.15, 0.2) is 0 Å². The van der Waals surface area contributed by atoms with Crippen molar-refractivity contribution in [1.29, 1.82) is 0 Å². The largest absolute Gasteiger partial charge is 0.324 e. The highest BCUT2D eigenvalue weighted by molar-refractivity contribution is 6.03. The van der Waals surface area contributed by atoms with Gasteiger partial charge in [-0.25, -0.2) is 9.67 Å². The molecule has 0 saturated heterocycles. The van der Waals surface area contributed by atoms with Crippen molar-refractivity contribution in [1.82, 2.24) is 19.7 Å². The molecule has 0 saturated carbocycles. The van der Waals surface area contributed by atoms with E-state index in [0.29, 0.717) is 11.6 Å². The minimum Gasteiger partial charge on any atom is -0.324 e. The van der Waals surface area contributed by atoms with Gasteiger partial charge in [-0.15, -0.1) is 0 Å². The first-order valence-electron chi connectivity index (χ1n) is 7.17. The first kappa shape index (κ1) is 13.3. The fraction of sp³-hybridized carbons (Fsp3) is 0.